The molecule has 0 atom stereocenters. The van der Waals surface area contributed by atoms with E-state index < -0.39 is 0 Å². The summed E-state index contributed by atoms with van der Waals surface area (Å²) in [5, 5.41) is 0. The van der Waals surface area contributed by atoms with E-state index in [1.54, 1.807) is 17.8 Å². The molecule has 0 N–H and O–H groups in total. The van der Waals surface area contributed by atoms with Crippen LogP contribution in [0.1, 0.15) is 11.1 Å². The van der Waals surface area contributed by atoms with Crippen LogP contribution in [0.2, 0.25) is 0 Å². The van der Waals surface area contributed by atoms with Crippen molar-refractivity contribution in [2.24, 2.45) is 0 Å². The molecule has 3 heteroatoms. The first-order chi connectivity index (χ1) is 8.16. The predicted molar refractivity (Wildman–Crippen MR) is 74.8 cm³/mol. The Labute approximate surface area is 113 Å². The van der Waals surface area contributed by atoms with Crippen molar-refractivity contribution in [3.05, 3.63) is 63.9 Å². The molecule has 0 radical (unpaired) electrons. The number of hydrogen-bond acceptors (Lipinski definition) is 1. The molecule has 0 aliphatic carbocycles. The van der Waals surface area contributed by atoms with Crippen molar-refractivity contribution < 1.29 is 4.39 Å². The fourth-order valence-electron chi connectivity index (χ4n) is 1.46. The first-order valence-corrected chi connectivity index (χ1v) is 7.07. The van der Waals surface area contributed by atoms with Crippen LogP contribution >= 0.6 is 27.7 Å². The van der Waals surface area contributed by atoms with E-state index >= 15 is 0 Å². The van der Waals surface area contributed by atoms with Gasteiger partial charge in [0.15, 0.2) is 0 Å². The van der Waals surface area contributed by atoms with Crippen LogP contribution in [0.15, 0.2) is 51.8 Å². The third kappa shape index (κ3) is 3.33. The molecule has 2 aromatic carbocycles. The molecular weight excluding hydrogens is 299 g/mol. The SMILES string of the molecule is Cc1ccc(SCc2cccc(F)c2Br)cc1. The summed E-state index contributed by atoms with van der Waals surface area (Å²) in [5.41, 5.74) is 2.23. The van der Waals surface area contributed by atoms with Gasteiger partial charge in [0.25, 0.3) is 0 Å². The highest BCUT2D eigenvalue weighted by atomic mass is 79.9. The molecule has 0 saturated carbocycles. The summed E-state index contributed by atoms with van der Waals surface area (Å²) in [5.74, 6) is 0.563. The fourth-order valence-corrected chi connectivity index (χ4v) is 2.94. The summed E-state index contributed by atoms with van der Waals surface area (Å²) in [6.07, 6.45) is 0. The van der Waals surface area contributed by atoms with Crippen molar-refractivity contribution in [3.63, 3.8) is 0 Å². The van der Waals surface area contributed by atoms with Gasteiger partial charge in [-0.1, -0.05) is 29.8 Å². The van der Waals surface area contributed by atoms with E-state index in [2.05, 4.69) is 47.1 Å². The van der Waals surface area contributed by atoms with Gasteiger partial charge in [-0.25, -0.2) is 4.39 Å². The second-order valence-corrected chi connectivity index (χ2v) is 5.66. The third-order valence-electron chi connectivity index (χ3n) is 2.45. The summed E-state index contributed by atoms with van der Waals surface area (Å²) < 4.78 is 13.9. The van der Waals surface area contributed by atoms with Gasteiger partial charge < -0.3 is 0 Å². The first-order valence-electron chi connectivity index (χ1n) is 5.29. The highest BCUT2D eigenvalue weighted by Gasteiger charge is 2.05. The monoisotopic (exact) mass is 310 g/mol. The summed E-state index contributed by atoms with van der Waals surface area (Å²) in [6, 6.07) is 13.5. The van der Waals surface area contributed by atoms with Crippen molar-refractivity contribution >= 4 is 27.7 Å². The van der Waals surface area contributed by atoms with Crippen LogP contribution in [0.25, 0.3) is 0 Å². The van der Waals surface area contributed by atoms with Gasteiger partial charge in [0, 0.05) is 10.6 Å². The van der Waals surface area contributed by atoms with E-state index in [1.807, 2.05) is 6.07 Å². The molecule has 0 aliphatic rings. The molecule has 0 amide bonds. The molecule has 88 valence electrons. The number of thioether (sulfide) groups is 1. The van der Waals surface area contributed by atoms with Gasteiger partial charge in [-0.3, -0.25) is 0 Å². The lowest BCUT2D eigenvalue weighted by molar-refractivity contribution is 0.619. The van der Waals surface area contributed by atoms with Gasteiger partial charge in [-0.15, -0.1) is 11.8 Å². The normalized spacial score (nSPS) is 10.5. The second-order valence-electron chi connectivity index (χ2n) is 3.81. The molecule has 0 heterocycles. The van der Waals surface area contributed by atoms with Crippen LogP contribution in [0.5, 0.6) is 0 Å². The zero-order valence-electron chi connectivity index (χ0n) is 9.41. The van der Waals surface area contributed by atoms with E-state index in [9.17, 15) is 4.39 Å². The molecule has 0 aromatic heterocycles. The molecule has 0 spiro atoms. The summed E-state index contributed by atoms with van der Waals surface area (Å²) in [4.78, 5) is 1.20. The van der Waals surface area contributed by atoms with E-state index in [-0.39, 0.29) is 5.82 Å². The molecule has 0 saturated heterocycles. The minimum atomic E-state index is -0.202. The lowest BCUT2D eigenvalue weighted by Gasteiger charge is -2.05. The number of benzene rings is 2. The minimum Gasteiger partial charge on any atom is -0.206 e. The fraction of sp³-hybridized carbons (Fsp3) is 0.143. The van der Waals surface area contributed by atoms with E-state index in [1.165, 1.54) is 16.5 Å². The maximum Gasteiger partial charge on any atom is 0.137 e. The molecule has 2 aromatic rings. The molecule has 17 heavy (non-hydrogen) atoms. The molecule has 0 fully saturated rings. The van der Waals surface area contributed by atoms with Crippen molar-refractivity contribution in [3.8, 4) is 0 Å². The largest absolute Gasteiger partial charge is 0.206 e. The van der Waals surface area contributed by atoms with Gasteiger partial charge >= 0.3 is 0 Å². The first kappa shape index (κ1) is 12.7. The topological polar surface area (TPSA) is 0 Å². The Kier molecular flexibility index (Phi) is 4.24. The Hall–Kier alpha value is -0.800. The van der Waals surface area contributed by atoms with Crippen LogP contribution in [-0.2, 0) is 5.75 Å². The maximum absolute atomic E-state index is 13.3. The molecular formula is C14H12BrFS. The Morgan fingerprint density at radius 3 is 2.53 bits per heavy atom. The maximum atomic E-state index is 13.3. The Bertz CT molecular complexity index is 508. The van der Waals surface area contributed by atoms with Crippen LogP contribution < -0.4 is 0 Å². The summed E-state index contributed by atoms with van der Waals surface area (Å²) >= 11 is 4.99. The zero-order chi connectivity index (χ0) is 12.3. The highest BCUT2D eigenvalue weighted by Crippen LogP contribution is 2.28. The van der Waals surface area contributed by atoms with E-state index in [0.717, 1.165) is 11.3 Å². The summed E-state index contributed by atoms with van der Waals surface area (Å²) in [7, 11) is 0. The molecule has 0 unspecified atom stereocenters. The Morgan fingerprint density at radius 2 is 1.82 bits per heavy atom. The molecule has 0 aliphatic heterocycles. The van der Waals surface area contributed by atoms with Crippen LogP contribution in [0.4, 0.5) is 4.39 Å². The van der Waals surface area contributed by atoms with Gasteiger partial charge in [-0.05, 0) is 46.6 Å². The third-order valence-corrected chi connectivity index (χ3v) is 4.40. The lowest BCUT2D eigenvalue weighted by atomic mass is 10.2. The van der Waals surface area contributed by atoms with Crippen LogP contribution in [0, 0.1) is 12.7 Å². The quantitative estimate of drug-likeness (QED) is 0.703. The van der Waals surface area contributed by atoms with Gasteiger partial charge in [-0.2, -0.15) is 0 Å². The molecule has 0 nitrogen and oxygen atoms in total. The van der Waals surface area contributed by atoms with Crippen molar-refractivity contribution in [2.75, 3.05) is 0 Å². The lowest BCUT2D eigenvalue weighted by Crippen LogP contribution is -1.86. The van der Waals surface area contributed by atoms with Crippen LogP contribution in [0.3, 0.4) is 0 Å². The summed E-state index contributed by atoms with van der Waals surface area (Å²) in [6.45, 7) is 2.07. The highest BCUT2D eigenvalue weighted by molar-refractivity contribution is 9.10. The number of rotatable bonds is 3. The van der Waals surface area contributed by atoms with Crippen LogP contribution in [-0.4, -0.2) is 0 Å². The van der Waals surface area contributed by atoms with Gasteiger partial charge in [0.05, 0.1) is 4.47 Å². The zero-order valence-corrected chi connectivity index (χ0v) is 11.8. The van der Waals surface area contributed by atoms with E-state index in [0.29, 0.717) is 4.47 Å². The average Bonchev–Trinajstić information content (AvgIpc) is 2.33. The minimum absolute atomic E-state index is 0.202. The van der Waals surface area contributed by atoms with Crippen molar-refractivity contribution in [1.82, 2.24) is 0 Å². The van der Waals surface area contributed by atoms with Crippen molar-refractivity contribution in [2.45, 2.75) is 17.6 Å². The van der Waals surface area contributed by atoms with Crippen molar-refractivity contribution in [1.29, 1.82) is 0 Å². The predicted octanol–water partition coefficient (Wildman–Crippen LogP) is 5.19. The molecule has 0 bridgehead atoms. The number of aryl methyl sites for hydroxylation is 1. The number of halogens is 2. The van der Waals surface area contributed by atoms with Gasteiger partial charge in [0.1, 0.15) is 5.82 Å². The smallest absolute Gasteiger partial charge is 0.137 e. The Morgan fingerprint density at radius 1 is 1.12 bits per heavy atom. The number of hydrogen-bond donors (Lipinski definition) is 0. The average molecular weight is 311 g/mol. The standard InChI is InChI=1S/C14H12BrFS/c1-10-5-7-12(8-6-10)17-9-11-3-2-4-13(16)14(11)15/h2-8H,9H2,1H3. The van der Waals surface area contributed by atoms with E-state index in [4.69, 9.17) is 0 Å². The van der Waals surface area contributed by atoms with Gasteiger partial charge in [0.2, 0.25) is 0 Å². The molecule has 2 rings (SSSR count). The second kappa shape index (κ2) is 5.69. The Balaban J connectivity index is 2.07.